The van der Waals surface area contributed by atoms with Gasteiger partial charge in [0.2, 0.25) is 11.8 Å². The molecule has 128 valence electrons. The van der Waals surface area contributed by atoms with Gasteiger partial charge in [0.1, 0.15) is 6.54 Å². The van der Waals surface area contributed by atoms with Crippen LogP contribution in [0.15, 0.2) is 48.5 Å². The highest BCUT2D eigenvalue weighted by Gasteiger charge is 2.32. The van der Waals surface area contributed by atoms with E-state index in [4.69, 9.17) is 11.6 Å². The molecule has 25 heavy (non-hydrogen) atoms. The maximum atomic E-state index is 12.5. The minimum atomic E-state index is -0.433. The van der Waals surface area contributed by atoms with E-state index in [1.165, 1.54) is 0 Å². The van der Waals surface area contributed by atoms with Crippen LogP contribution < -0.4 is 5.32 Å². The molecule has 0 spiro atoms. The van der Waals surface area contributed by atoms with Gasteiger partial charge in [0.25, 0.3) is 5.91 Å². The lowest BCUT2D eigenvalue weighted by atomic mass is 9.98. The molecule has 2 aromatic rings. The number of halogens is 1. The summed E-state index contributed by atoms with van der Waals surface area (Å²) in [5, 5.41) is 3.37. The van der Waals surface area contributed by atoms with E-state index < -0.39 is 11.8 Å². The van der Waals surface area contributed by atoms with Gasteiger partial charge in [0, 0.05) is 10.6 Å². The summed E-state index contributed by atoms with van der Waals surface area (Å²) in [5.74, 6) is -1.19. The van der Waals surface area contributed by atoms with Crippen molar-refractivity contribution in [1.29, 1.82) is 0 Å². The number of amides is 3. The third-order valence-electron chi connectivity index (χ3n) is 4.16. The second kappa shape index (κ2) is 7.07. The van der Waals surface area contributed by atoms with Gasteiger partial charge < -0.3 is 5.32 Å². The Morgan fingerprint density at radius 3 is 2.72 bits per heavy atom. The number of carbonyl (C=O) groups excluding carboxylic acids is 3. The normalized spacial score (nSPS) is 14.9. The molecule has 1 aliphatic heterocycles. The van der Waals surface area contributed by atoms with Crippen LogP contribution in [0.1, 0.15) is 34.5 Å². The van der Waals surface area contributed by atoms with Crippen LogP contribution in [0.5, 0.6) is 0 Å². The summed E-state index contributed by atoms with van der Waals surface area (Å²) in [6, 6.07) is 13.8. The Bertz CT molecular complexity index is 850. The number of nitrogens with zero attached hydrogens (tertiary/aromatic N) is 1. The lowest BCUT2D eigenvalue weighted by Gasteiger charge is -2.26. The van der Waals surface area contributed by atoms with Crippen LogP contribution in [0.3, 0.4) is 0 Å². The minimum absolute atomic E-state index is 0.124. The molecule has 0 saturated carbocycles. The number of benzene rings is 2. The number of fused-ring (bicyclic) bond motifs is 1. The van der Waals surface area contributed by atoms with Gasteiger partial charge in [-0.25, -0.2) is 0 Å². The van der Waals surface area contributed by atoms with Gasteiger partial charge in [-0.05, 0) is 36.2 Å². The van der Waals surface area contributed by atoms with Crippen molar-refractivity contribution >= 4 is 29.3 Å². The Hall–Kier alpha value is -2.66. The zero-order valence-electron chi connectivity index (χ0n) is 13.7. The summed E-state index contributed by atoms with van der Waals surface area (Å²) >= 11 is 5.96. The monoisotopic (exact) mass is 356 g/mol. The van der Waals surface area contributed by atoms with Crippen LogP contribution in [0.25, 0.3) is 0 Å². The van der Waals surface area contributed by atoms with Gasteiger partial charge >= 0.3 is 0 Å². The van der Waals surface area contributed by atoms with Gasteiger partial charge in [-0.3, -0.25) is 19.3 Å². The maximum Gasteiger partial charge on any atom is 0.261 e. The minimum Gasteiger partial charge on any atom is -0.348 e. The molecule has 0 fully saturated rings. The van der Waals surface area contributed by atoms with Crippen LogP contribution >= 0.6 is 11.6 Å². The highest BCUT2D eigenvalue weighted by molar-refractivity contribution is 6.30. The van der Waals surface area contributed by atoms with Gasteiger partial charge in [-0.15, -0.1) is 0 Å². The average Bonchev–Trinajstić information content (AvgIpc) is 2.58. The van der Waals surface area contributed by atoms with Gasteiger partial charge in [-0.1, -0.05) is 41.9 Å². The zero-order chi connectivity index (χ0) is 18.0. The van der Waals surface area contributed by atoms with E-state index in [1.807, 2.05) is 13.0 Å². The van der Waals surface area contributed by atoms with Crippen molar-refractivity contribution in [2.45, 2.75) is 19.4 Å². The van der Waals surface area contributed by atoms with Crippen LogP contribution in [-0.2, 0) is 16.0 Å². The van der Waals surface area contributed by atoms with Crippen LogP contribution in [0, 0.1) is 0 Å². The Kier molecular flexibility index (Phi) is 4.86. The zero-order valence-corrected chi connectivity index (χ0v) is 14.4. The Morgan fingerprint density at radius 1 is 1.20 bits per heavy atom. The quantitative estimate of drug-likeness (QED) is 0.856. The highest BCUT2D eigenvalue weighted by atomic mass is 35.5. The summed E-state index contributed by atoms with van der Waals surface area (Å²) in [6.45, 7) is 1.52. The topological polar surface area (TPSA) is 66.5 Å². The molecule has 2 aromatic carbocycles. The van der Waals surface area contributed by atoms with Crippen molar-refractivity contribution in [3.8, 4) is 0 Å². The van der Waals surface area contributed by atoms with Crippen LogP contribution in [0.2, 0.25) is 5.02 Å². The molecule has 0 aliphatic carbocycles. The van der Waals surface area contributed by atoms with Gasteiger partial charge in [0.05, 0.1) is 12.5 Å². The molecule has 0 saturated heterocycles. The molecule has 3 amide bonds. The largest absolute Gasteiger partial charge is 0.348 e. The van der Waals surface area contributed by atoms with E-state index in [2.05, 4.69) is 5.32 Å². The predicted molar refractivity (Wildman–Crippen MR) is 94.2 cm³/mol. The average molecular weight is 357 g/mol. The predicted octanol–water partition coefficient (Wildman–Crippen LogP) is 2.74. The van der Waals surface area contributed by atoms with Gasteiger partial charge in [0.15, 0.2) is 0 Å². The molecular weight excluding hydrogens is 340 g/mol. The number of carbonyl (C=O) groups is 3. The lowest BCUT2D eigenvalue weighted by molar-refractivity contribution is -0.133. The number of hydrogen-bond acceptors (Lipinski definition) is 3. The number of rotatable bonds is 4. The van der Waals surface area contributed by atoms with E-state index in [0.717, 1.165) is 10.5 Å². The first-order valence-corrected chi connectivity index (χ1v) is 8.31. The summed E-state index contributed by atoms with van der Waals surface area (Å²) in [4.78, 5) is 38.0. The molecule has 1 heterocycles. The molecule has 0 unspecified atom stereocenters. The maximum absolute atomic E-state index is 12.5. The number of hydrogen-bond donors (Lipinski definition) is 1. The van der Waals surface area contributed by atoms with Crippen molar-refractivity contribution in [2.75, 3.05) is 6.54 Å². The second-order valence-electron chi connectivity index (χ2n) is 5.96. The van der Waals surface area contributed by atoms with E-state index >= 15 is 0 Å². The number of imide groups is 1. The van der Waals surface area contributed by atoms with Gasteiger partial charge in [-0.2, -0.15) is 0 Å². The summed E-state index contributed by atoms with van der Waals surface area (Å²) in [5.41, 5.74) is 2.02. The SMILES string of the molecule is C[C@@H](NC(=O)CN1C(=O)Cc2ccccc2C1=O)c1cccc(Cl)c1. The van der Waals surface area contributed by atoms with Crippen LogP contribution in [-0.4, -0.2) is 29.2 Å². The Labute approximate surface area is 150 Å². The van der Waals surface area contributed by atoms with Crippen LogP contribution in [0.4, 0.5) is 0 Å². The molecule has 5 nitrogen and oxygen atoms in total. The fraction of sp³-hybridized carbons (Fsp3) is 0.211. The molecule has 3 rings (SSSR count). The fourth-order valence-corrected chi connectivity index (χ4v) is 3.05. The highest BCUT2D eigenvalue weighted by Crippen LogP contribution is 2.20. The first-order valence-electron chi connectivity index (χ1n) is 7.93. The Balaban J connectivity index is 1.69. The summed E-state index contributed by atoms with van der Waals surface area (Å²) in [6.07, 6.45) is 0.124. The third-order valence-corrected chi connectivity index (χ3v) is 4.40. The standard InChI is InChI=1S/C19H17ClN2O3/c1-12(13-6-4-7-15(20)9-13)21-17(23)11-22-18(24)10-14-5-2-3-8-16(14)19(22)25/h2-9,12H,10-11H2,1H3,(H,21,23)/t12-/m1/s1. The summed E-state index contributed by atoms with van der Waals surface area (Å²) in [7, 11) is 0. The van der Waals surface area contributed by atoms with Crippen molar-refractivity contribution in [3.63, 3.8) is 0 Å². The first-order chi connectivity index (χ1) is 12.0. The lowest BCUT2D eigenvalue weighted by Crippen LogP contribution is -2.47. The molecule has 0 bridgehead atoms. The van der Waals surface area contributed by atoms with Crippen molar-refractivity contribution < 1.29 is 14.4 Å². The third kappa shape index (κ3) is 3.72. The first kappa shape index (κ1) is 17.2. The molecule has 0 radical (unpaired) electrons. The van der Waals surface area contributed by atoms with Crippen molar-refractivity contribution in [3.05, 3.63) is 70.2 Å². The second-order valence-corrected chi connectivity index (χ2v) is 6.40. The molecule has 0 aromatic heterocycles. The fourth-order valence-electron chi connectivity index (χ4n) is 2.85. The van der Waals surface area contributed by atoms with E-state index in [0.29, 0.717) is 16.1 Å². The molecule has 1 N–H and O–H groups in total. The van der Waals surface area contributed by atoms with Crippen molar-refractivity contribution in [2.24, 2.45) is 0 Å². The van der Waals surface area contributed by atoms with E-state index in [9.17, 15) is 14.4 Å². The smallest absolute Gasteiger partial charge is 0.261 e. The van der Waals surface area contributed by atoms with E-state index in [1.54, 1.807) is 42.5 Å². The van der Waals surface area contributed by atoms with Crippen molar-refractivity contribution in [1.82, 2.24) is 10.2 Å². The van der Waals surface area contributed by atoms with E-state index in [-0.39, 0.29) is 24.9 Å². The summed E-state index contributed by atoms with van der Waals surface area (Å²) < 4.78 is 0. The molecule has 6 heteroatoms. The molecular formula is C19H17ClN2O3. The molecule has 1 aliphatic rings. The number of nitrogens with one attached hydrogen (secondary N) is 1. The Morgan fingerprint density at radius 2 is 1.96 bits per heavy atom. The molecule has 1 atom stereocenters.